The van der Waals surface area contributed by atoms with Crippen LogP contribution in [0.4, 0.5) is 10.5 Å². The maximum absolute atomic E-state index is 14.5. The monoisotopic (exact) mass is 674 g/mol. The predicted octanol–water partition coefficient (Wildman–Crippen LogP) is 7.15. The molecule has 1 aliphatic rings. The zero-order valence-corrected chi connectivity index (χ0v) is 29.1. The second-order valence-corrected chi connectivity index (χ2v) is 12.5. The molecule has 1 fully saturated rings. The maximum atomic E-state index is 14.5. The first-order valence-corrected chi connectivity index (χ1v) is 15.9. The molecule has 1 aromatic heterocycles. The normalized spacial score (nSPS) is 13.1. The molecule has 4 aromatic rings. The Hall–Kier alpha value is -5.39. The molecular formula is C37H42N2O10. The molecule has 1 heterocycles. The first kappa shape index (κ1) is 34.9. The number of esters is 1. The highest BCUT2D eigenvalue weighted by Gasteiger charge is 2.29. The molecule has 260 valence electrons. The van der Waals surface area contributed by atoms with Crippen LogP contribution in [0, 0.1) is 0 Å². The highest BCUT2D eigenvalue weighted by atomic mass is 16.6. The van der Waals surface area contributed by atoms with Gasteiger partial charge in [-0.1, -0.05) is 0 Å². The van der Waals surface area contributed by atoms with Gasteiger partial charge in [0.2, 0.25) is 5.75 Å². The molecule has 0 saturated heterocycles. The lowest BCUT2D eigenvalue weighted by Gasteiger charge is -2.22. The zero-order valence-electron chi connectivity index (χ0n) is 29.1. The largest absolute Gasteiger partial charge is 0.493 e. The van der Waals surface area contributed by atoms with Crippen molar-refractivity contribution in [2.24, 2.45) is 0 Å². The number of fused-ring (bicyclic) bond motifs is 1. The van der Waals surface area contributed by atoms with Crippen molar-refractivity contribution >= 4 is 28.5 Å². The third kappa shape index (κ3) is 7.23. The first-order chi connectivity index (χ1) is 23.4. The Labute approximate surface area is 284 Å². The number of hydrogen-bond donors (Lipinski definition) is 1. The van der Waals surface area contributed by atoms with Crippen molar-refractivity contribution in [2.75, 3.05) is 40.9 Å². The number of hydrogen-bond acceptors (Lipinski definition) is 10. The molecule has 0 spiro atoms. The molecule has 0 bridgehead atoms. The highest BCUT2D eigenvalue weighted by molar-refractivity contribution is 6.08. The summed E-state index contributed by atoms with van der Waals surface area (Å²) in [5.74, 6) is 1.08. The number of nitrogens with one attached hydrogen (secondary N) is 1. The maximum Gasteiger partial charge on any atom is 0.412 e. The van der Waals surface area contributed by atoms with Gasteiger partial charge in [-0.15, -0.1) is 0 Å². The van der Waals surface area contributed by atoms with Gasteiger partial charge in [0.15, 0.2) is 23.0 Å². The molecule has 0 atom stereocenters. The minimum absolute atomic E-state index is 0.00998. The summed E-state index contributed by atoms with van der Waals surface area (Å²) in [6.07, 6.45) is 3.26. The first-order valence-electron chi connectivity index (χ1n) is 15.9. The van der Waals surface area contributed by atoms with Gasteiger partial charge in [-0.25, -0.2) is 9.59 Å². The lowest BCUT2D eigenvalue weighted by Crippen LogP contribution is -2.28. The summed E-state index contributed by atoms with van der Waals surface area (Å²) >= 11 is 0. The van der Waals surface area contributed by atoms with Gasteiger partial charge in [-0.2, -0.15) is 0 Å². The third-order valence-electron chi connectivity index (χ3n) is 8.17. The fourth-order valence-corrected chi connectivity index (χ4v) is 6.01. The minimum Gasteiger partial charge on any atom is -0.493 e. The van der Waals surface area contributed by atoms with Crippen molar-refractivity contribution in [3.05, 3.63) is 64.6 Å². The van der Waals surface area contributed by atoms with Crippen molar-refractivity contribution in [2.45, 2.75) is 58.2 Å². The Morgan fingerprint density at radius 3 is 1.90 bits per heavy atom. The molecular weight excluding hydrogens is 632 g/mol. The van der Waals surface area contributed by atoms with E-state index in [0.717, 1.165) is 25.7 Å². The minimum atomic E-state index is -0.771. The van der Waals surface area contributed by atoms with E-state index in [1.807, 2.05) is 0 Å². The van der Waals surface area contributed by atoms with Crippen LogP contribution >= 0.6 is 0 Å². The molecule has 1 aliphatic carbocycles. The van der Waals surface area contributed by atoms with E-state index in [1.165, 1.54) is 40.1 Å². The number of anilines is 1. The van der Waals surface area contributed by atoms with Crippen molar-refractivity contribution in [3.8, 4) is 45.6 Å². The second-order valence-electron chi connectivity index (χ2n) is 12.5. The standard InChI is InChI=1S/C37H42N2O10/c1-37(2,3)49-36(42)38-22-13-15-23(16-14-22)39-32(35(41)47-8)31(21-17-29(44-5)33(46-7)30(18-21)45-6)25-19-28(48-24-11-9-10-12-24)27(43-4)20-26(25)34(39)40/h13-20,24H,9-12H2,1-8H3,(H,38,42). The summed E-state index contributed by atoms with van der Waals surface area (Å²) in [5, 5.41) is 3.36. The molecule has 5 rings (SSSR count). The quantitative estimate of drug-likeness (QED) is 0.173. The van der Waals surface area contributed by atoms with Crippen LogP contribution in [0.3, 0.4) is 0 Å². The zero-order chi connectivity index (χ0) is 35.5. The van der Waals surface area contributed by atoms with E-state index in [0.29, 0.717) is 56.6 Å². The van der Waals surface area contributed by atoms with E-state index < -0.39 is 23.2 Å². The van der Waals surface area contributed by atoms with Gasteiger partial charge in [0.1, 0.15) is 11.3 Å². The van der Waals surface area contributed by atoms with E-state index in [1.54, 1.807) is 69.3 Å². The Morgan fingerprint density at radius 1 is 0.776 bits per heavy atom. The number of ether oxygens (including phenoxy) is 7. The number of methoxy groups -OCH3 is 5. The molecule has 1 amide bonds. The van der Waals surface area contributed by atoms with Gasteiger partial charge in [0, 0.05) is 22.3 Å². The average molecular weight is 675 g/mol. The van der Waals surface area contributed by atoms with Crippen molar-refractivity contribution in [1.29, 1.82) is 0 Å². The highest BCUT2D eigenvalue weighted by Crippen LogP contribution is 2.45. The Bertz CT molecular complexity index is 1890. The second kappa shape index (κ2) is 14.4. The van der Waals surface area contributed by atoms with Crippen LogP contribution in [0.15, 0.2) is 53.3 Å². The van der Waals surface area contributed by atoms with E-state index in [2.05, 4.69) is 5.32 Å². The van der Waals surface area contributed by atoms with Crippen molar-refractivity contribution in [3.63, 3.8) is 0 Å². The fraction of sp³-hybridized carbons (Fsp3) is 0.378. The van der Waals surface area contributed by atoms with Gasteiger partial charge >= 0.3 is 12.1 Å². The van der Waals surface area contributed by atoms with Crippen LogP contribution in [0.5, 0.6) is 28.7 Å². The lowest BCUT2D eigenvalue weighted by molar-refractivity contribution is 0.0589. The van der Waals surface area contributed by atoms with E-state index >= 15 is 0 Å². The van der Waals surface area contributed by atoms with Crippen LogP contribution in [0.1, 0.15) is 56.9 Å². The van der Waals surface area contributed by atoms with Gasteiger partial charge in [0.05, 0.1) is 47.0 Å². The van der Waals surface area contributed by atoms with E-state index in [-0.39, 0.29) is 17.2 Å². The summed E-state index contributed by atoms with van der Waals surface area (Å²) in [7, 11) is 7.24. The van der Waals surface area contributed by atoms with Gasteiger partial charge in [-0.3, -0.25) is 14.7 Å². The van der Waals surface area contributed by atoms with E-state index in [9.17, 15) is 14.4 Å². The Balaban J connectivity index is 1.83. The molecule has 3 aromatic carbocycles. The van der Waals surface area contributed by atoms with Crippen LogP contribution < -0.4 is 34.6 Å². The number of carbonyl (C=O) groups excluding carboxylic acids is 2. The summed E-state index contributed by atoms with van der Waals surface area (Å²) in [4.78, 5) is 40.8. The average Bonchev–Trinajstić information content (AvgIpc) is 3.59. The third-order valence-corrected chi connectivity index (χ3v) is 8.17. The Kier molecular flexibility index (Phi) is 10.3. The molecule has 12 heteroatoms. The predicted molar refractivity (Wildman–Crippen MR) is 185 cm³/mol. The van der Waals surface area contributed by atoms with Crippen molar-refractivity contribution < 1.29 is 42.7 Å². The lowest BCUT2D eigenvalue weighted by atomic mass is 9.95. The van der Waals surface area contributed by atoms with Crippen LogP contribution in [-0.4, -0.2) is 63.9 Å². The molecule has 49 heavy (non-hydrogen) atoms. The van der Waals surface area contributed by atoms with Gasteiger partial charge < -0.3 is 33.2 Å². The topological polar surface area (TPSA) is 133 Å². The summed E-state index contributed by atoms with van der Waals surface area (Å²) in [5.41, 5.74) is 0.339. The number of rotatable bonds is 10. The van der Waals surface area contributed by atoms with Crippen LogP contribution in [0.25, 0.3) is 27.6 Å². The Morgan fingerprint density at radius 2 is 1.37 bits per heavy atom. The summed E-state index contributed by atoms with van der Waals surface area (Å²) in [6, 6.07) is 13.2. The van der Waals surface area contributed by atoms with Gasteiger partial charge in [0.25, 0.3) is 5.56 Å². The summed E-state index contributed by atoms with van der Waals surface area (Å²) < 4.78 is 41.0. The molecule has 1 N–H and O–H groups in total. The number of nitrogens with zero attached hydrogens (tertiary/aromatic N) is 1. The molecule has 0 radical (unpaired) electrons. The molecule has 1 saturated carbocycles. The van der Waals surface area contributed by atoms with Crippen molar-refractivity contribution in [1.82, 2.24) is 4.57 Å². The smallest absolute Gasteiger partial charge is 0.412 e. The molecule has 0 unspecified atom stereocenters. The molecule has 12 nitrogen and oxygen atoms in total. The number of amides is 1. The van der Waals surface area contributed by atoms with E-state index in [4.69, 9.17) is 33.2 Å². The number of benzene rings is 3. The number of carbonyl (C=O) groups is 2. The SMILES string of the molecule is COC(=O)c1c(-c2cc(OC)c(OC)c(OC)c2)c2cc(OC3CCCC3)c(OC)cc2c(=O)n1-c1ccc(NC(=O)OC(C)(C)C)cc1. The fourth-order valence-electron chi connectivity index (χ4n) is 6.01. The van der Waals surface area contributed by atoms with Crippen LogP contribution in [0.2, 0.25) is 0 Å². The summed E-state index contributed by atoms with van der Waals surface area (Å²) in [6.45, 7) is 5.29. The number of aromatic nitrogens is 1. The van der Waals surface area contributed by atoms with Crippen LogP contribution in [-0.2, 0) is 9.47 Å². The number of pyridine rings is 1. The van der Waals surface area contributed by atoms with Gasteiger partial charge in [-0.05, 0) is 101 Å². The molecule has 0 aliphatic heterocycles.